The highest BCUT2D eigenvalue weighted by molar-refractivity contribution is 6.09. The maximum Gasteiger partial charge on any atom is 0.315 e. The van der Waals surface area contributed by atoms with E-state index in [-0.39, 0.29) is 11.9 Å². The van der Waals surface area contributed by atoms with Crippen LogP contribution in [-0.2, 0) is 14.3 Å². The van der Waals surface area contributed by atoms with Crippen molar-refractivity contribution in [1.29, 1.82) is 0 Å². The Morgan fingerprint density at radius 3 is 2.37 bits per heavy atom. The average Bonchev–Trinajstić information content (AvgIpc) is 2.70. The fourth-order valence-corrected chi connectivity index (χ4v) is 4.32. The van der Waals surface area contributed by atoms with Gasteiger partial charge in [0, 0.05) is 34.9 Å². The molecule has 1 heterocycles. The van der Waals surface area contributed by atoms with Gasteiger partial charge in [-0.25, -0.2) is 0 Å². The highest BCUT2D eigenvalue weighted by Crippen LogP contribution is 2.50. The van der Waals surface area contributed by atoms with Crippen LogP contribution in [0.4, 0.5) is 0 Å². The fourth-order valence-electron chi connectivity index (χ4n) is 4.32. The second-order valence-corrected chi connectivity index (χ2v) is 7.75. The lowest BCUT2D eigenvalue weighted by atomic mass is 9.71. The molecule has 30 heavy (non-hydrogen) atoms. The maximum atomic E-state index is 13.1. The molecule has 0 aromatic heterocycles. The van der Waals surface area contributed by atoms with Crippen molar-refractivity contribution in [2.45, 2.75) is 52.1 Å². The molecule has 2 atom stereocenters. The molecule has 1 aromatic carbocycles. The number of rotatable bonds is 6. The van der Waals surface area contributed by atoms with Gasteiger partial charge in [-0.15, -0.1) is 0 Å². The summed E-state index contributed by atoms with van der Waals surface area (Å²) in [5.74, 6) is -0.325. The minimum Gasteiger partial charge on any atom is -0.493 e. The lowest BCUT2D eigenvalue weighted by molar-refractivity contribution is -0.150. The summed E-state index contributed by atoms with van der Waals surface area (Å²) in [7, 11) is 4.60. The summed E-state index contributed by atoms with van der Waals surface area (Å²) in [6.45, 7) is 5.42. The predicted octanol–water partition coefficient (Wildman–Crippen LogP) is 3.85. The minimum atomic E-state index is -0.722. The summed E-state index contributed by atoms with van der Waals surface area (Å²) in [5.41, 5.74) is 2.64. The molecule has 3 rings (SSSR count). The number of aliphatic imine (C=N–C) groups is 1. The molecule has 0 saturated heterocycles. The molecule has 0 N–H and O–H groups in total. The molecule has 162 valence electrons. The Bertz CT molecular complexity index is 915. The van der Waals surface area contributed by atoms with Crippen molar-refractivity contribution in [3.05, 3.63) is 29.0 Å². The van der Waals surface area contributed by atoms with Gasteiger partial charge in [-0.3, -0.25) is 14.6 Å². The van der Waals surface area contributed by atoms with E-state index in [1.54, 1.807) is 27.0 Å². The molecule has 1 aromatic rings. The van der Waals surface area contributed by atoms with Crippen LogP contribution in [0.1, 0.15) is 51.5 Å². The van der Waals surface area contributed by atoms with Crippen LogP contribution >= 0.6 is 0 Å². The molecular weight excluding hydrogens is 386 g/mol. The number of ether oxygens (including phenoxy) is 4. The first kappa shape index (κ1) is 21.9. The van der Waals surface area contributed by atoms with E-state index in [4.69, 9.17) is 18.9 Å². The zero-order valence-electron chi connectivity index (χ0n) is 18.4. The number of methoxy groups -OCH3 is 3. The third-order valence-electron chi connectivity index (χ3n) is 5.51. The Labute approximate surface area is 177 Å². The molecule has 0 saturated carbocycles. The third-order valence-corrected chi connectivity index (χ3v) is 5.51. The zero-order valence-corrected chi connectivity index (χ0v) is 18.4. The van der Waals surface area contributed by atoms with E-state index in [2.05, 4.69) is 4.99 Å². The number of benzene rings is 1. The van der Waals surface area contributed by atoms with E-state index in [0.29, 0.717) is 46.9 Å². The van der Waals surface area contributed by atoms with Crippen LogP contribution in [0.15, 0.2) is 28.4 Å². The summed E-state index contributed by atoms with van der Waals surface area (Å²) in [5, 5.41) is 0. The Hall–Kier alpha value is -2.83. The van der Waals surface area contributed by atoms with Gasteiger partial charge in [-0.2, -0.15) is 0 Å². The van der Waals surface area contributed by atoms with E-state index in [0.717, 1.165) is 12.1 Å². The topological polar surface area (TPSA) is 83.4 Å². The first-order valence-electron chi connectivity index (χ1n) is 10.1. The number of hydrogen-bond donors (Lipinski definition) is 0. The molecular formula is C23H29NO6. The molecule has 0 amide bonds. The normalized spacial score (nSPS) is 21.2. The van der Waals surface area contributed by atoms with Gasteiger partial charge in [0.2, 0.25) is 5.75 Å². The summed E-state index contributed by atoms with van der Waals surface area (Å²) in [4.78, 5) is 30.8. The standard InChI is InChI=1S/C23H29NO6/c1-12(2)30-23(26)18-13(3)24-15-8-7-9-16(25)20(15)19(18)14-10-11-17(27-4)22(29-6)21(14)28-5/h10-12,18-19H,7-9H2,1-6H3/t18?,19-/m1/s1. The Kier molecular flexibility index (Phi) is 6.48. The van der Waals surface area contributed by atoms with Crippen LogP contribution in [0.3, 0.4) is 0 Å². The van der Waals surface area contributed by atoms with E-state index in [1.807, 2.05) is 13.0 Å². The predicted molar refractivity (Wildman–Crippen MR) is 113 cm³/mol. The van der Waals surface area contributed by atoms with Crippen molar-refractivity contribution in [1.82, 2.24) is 0 Å². The molecule has 7 nitrogen and oxygen atoms in total. The van der Waals surface area contributed by atoms with Crippen molar-refractivity contribution in [2.75, 3.05) is 21.3 Å². The first-order valence-corrected chi connectivity index (χ1v) is 10.1. The second-order valence-electron chi connectivity index (χ2n) is 7.75. The quantitative estimate of drug-likeness (QED) is 0.657. The van der Waals surface area contributed by atoms with Crippen LogP contribution in [0, 0.1) is 5.92 Å². The third kappa shape index (κ3) is 3.80. The number of nitrogens with zero attached hydrogens (tertiary/aromatic N) is 1. The summed E-state index contributed by atoms with van der Waals surface area (Å²) >= 11 is 0. The maximum absolute atomic E-state index is 13.1. The van der Waals surface area contributed by atoms with Crippen LogP contribution in [0.25, 0.3) is 0 Å². The van der Waals surface area contributed by atoms with Crippen molar-refractivity contribution >= 4 is 17.5 Å². The van der Waals surface area contributed by atoms with E-state index < -0.39 is 17.8 Å². The van der Waals surface area contributed by atoms with Crippen LogP contribution < -0.4 is 14.2 Å². The summed E-state index contributed by atoms with van der Waals surface area (Å²) in [6, 6.07) is 3.59. The molecule has 0 fully saturated rings. The molecule has 2 aliphatic rings. The molecule has 1 aliphatic carbocycles. The molecule has 0 radical (unpaired) electrons. The smallest absolute Gasteiger partial charge is 0.315 e. The van der Waals surface area contributed by atoms with Crippen molar-refractivity contribution in [3.8, 4) is 17.2 Å². The minimum absolute atomic E-state index is 0.0108. The summed E-state index contributed by atoms with van der Waals surface area (Å²) in [6.07, 6.45) is 1.61. The highest BCUT2D eigenvalue weighted by atomic mass is 16.5. The molecule has 0 spiro atoms. The number of allylic oxidation sites excluding steroid dienone is 2. The Morgan fingerprint density at radius 2 is 1.77 bits per heavy atom. The van der Waals surface area contributed by atoms with Crippen molar-refractivity contribution in [2.24, 2.45) is 10.9 Å². The van der Waals surface area contributed by atoms with Crippen LogP contribution in [-0.4, -0.2) is 44.9 Å². The van der Waals surface area contributed by atoms with Gasteiger partial charge in [0.05, 0.1) is 27.4 Å². The first-order chi connectivity index (χ1) is 14.3. The van der Waals surface area contributed by atoms with Gasteiger partial charge < -0.3 is 18.9 Å². The lowest BCUT2D eigenvalue weighted by Crippen LogP contribution is -2.38. The zero-order chi connectivity index (χ0) is 22.0. The van der Waals surface area contributed by atoms with E-state index >= 15 is 0 Å². The molecule has 1 unspecified atom stereocenters. The number of ketones is 1. The van der Waals surface area contributed by atoms with Gasteiger partial charge in [0.1, 0.15) is 5.92 Å². The number of Topliss-reactive ketones (excluding diaryl/α,β-unsaturated/α-hetero) is 1. The molecule has 0 bridgehead atoms. The van der Waals surface area contributed by atoms with Gasteiger partial charge in [-0.05, 0) is 39.7 Å². The van der Waals surface area contributed by atoms with E-state index in [9.17, 15) is 9.59 Å². The van der Waals surface area contributed by atoms with Gasteiger partial charge in [-0.1, -0.05) is 6.07 Å². The highest BCUT2D eigenvalue weighted by Gasteiger charge is 2.45. The second kappa shape index (κ2) is 8.90. The van der Waals surface area contributed by atoms with Gasteiger partial charge in [0.15, 0.2) is 17.3 Å². The number of carbonyl (C=O) groups is 2. The Balaban J connectivity index is 2.26. The van der Waals surface area contributed by atoms with Crippen molar-refractivity contribution in [3.63, 3.8) is 0 Å². The van der Waals surface area contributed by atoms with Crippen LogP contribution in [0.5, 0.6) is 17.2 Å². The average molecular weight is 415 g/mol. The van der Waals surface area contributed by atoms with Crippen LogP contribution in [0.2, 0.25) is 0 Å². The molecule has 1 aliphatic heterocycles. The van der Waals surface area contributed by atoms with E-state index in [1.165, 1.54) is 14.2 Å². The largest absolute Gasteiger partial charge is 0.493 e. The Morgan fingerprint density at radius 1 is 1.07 bits per heavy atom. The summed E-state index contributed by atoms with van der Waals surface area (Å²) < 4.78 is 22.2. The van der Waals surface area contributed by atoms with Gasteiger partial charge in [0.25, 0.3) is 0 Å². The number of hydrogen-bond acceptors (Lipinski definition) is 7. The fraction of sp³-hybridized carbons (Fsp3) is 0.522. The number of carbonyl (C=O) groups excluding carboxylic acids is 2. The number of esters is 1. The molecule has 7 heteroatoms. The monoisotopic (exact) mass is 415 g/mol. The van der Waals surface area contributed by atoms with Gasteiger partial charge >= 0.3 is 5.97 Å². The SMILES string of the molecule is COc1ccc([C@H]2C3=C(CCCC3=O)N=C(C)C2C(=O)OC(C)C)c(OC)c1OC. The van der Waals surface area contributed by atoms with Crippen molar-refractivity contribution < 1.29 is 28.5 Å². The lowest BCUT2D eigenvalue weighted by Gasteiger charge is -2.35.